The molecule has 5 nitrogen and oxygen atoms in total. The summed E-state index contributed by atoms with van der Waals surface area (Å²) in [7, 11) is 1.61. The number of piperidine rings is 1. The number of nitrogens with zero attached hydrogens (tertiary/aromatic N) is 2. The van der Waals surface area contributed by atoms with Crippen LogP contribution >= 0.6 is 0 Å². The number of hydrogen-bond donors (Lipinski definition) is 0. The number of likely N-dealkylation sites (tertiary alicyclic amines) is 1. The van der Waals surface area contributed by atoms with E-state index in [2.05, 4.69) is 11.8 Å². The lowest BCUT2D eigenvalue weighted by molar-refractivity contribution is 0.173. The van der Waals surface area contributed by atoms with E-state index < -0.39 is 0 Å². The molecule has 2 aromatic rings. The molecule has 2 heterocycles. The minimum Gasteiger partial charge on any atom is -0.497 e. The van der Waals surface area contributed by atoms with Gasteiger partial charge in [0.25, 0.3) is 0 Å². The van der Waals surface area contributed by atoms with Gasteiger partial charge < -0.3 is 14.1 Å². The number of methoxy groups -OCH3 is 1. The zero-order chi connectivity index (χ0) is 17.6. The van der Waals surface area contributed by atoms with Crippen LogP contribution in [0.3, 0.4) is 0 Å². The van der Waals surface area contributed by atoms with Gasteiger partial charge in [0.1, 0.15) is 5.75 Å². The van der Waals surface area contributed by atoms with Gasteiger partial charge in [0.2, 0.25) is 0 Å². The Morgan fingerprint density at radius 1 is 1.20 bits per heavy atom. The van der Waals surface area contributed by atoms with Gasteiger partial charge in [0, 0.05) is 12.6 Å². The maximum atomic E-state index is 12.1. The number of aryl methyl sites for hydroxylation is 1. The van der Waals surface area contributed by atoms with Crippen LogP contribution in [-0.2, 0) is 6.54 Å². The van der Waals surface area contributed by atoms with Gasteiger partial charge >= 0.3 is 5.76 Å². The predicted octanol–water partition coefficient (Wildman–Crippen LogP) is 3.90. The molecular formula is C20H30N2O3. The first-order chi connectivity index (χ1) is 12.2. The van der Waals surface area contributed by atoms with E-state index in [0.717, 1.165) is 24.4 Å². The summed E-state index contributed by atoms with van der Waals surface area (Å²) in [6, 6.07) is 5.54. The monoisotopic (exact) mass is 346 g/mol. The predicted molar refractivity (Wildman–Crippen MR) is 100 cm³/mol. The van der Waals surface area contributed by atoms with Crippen molar-refractivity contribution in [1.29, 1.82) is 0 Å². The number of rotatable bonds is 8. The fourth-order valence-corrected chi connectivity index (χ4v) is 3.83. The van der Waals surface area contributed by atoms with Crippen molar-refractivity contribution >= 4 is 11.1 Å². The van der Waals surface area contributed by atoms with E-state index in [1.54, 1.807) is 17.7 Å². The van der Waals surface area contributed by atoms with Crippen LogP contribution in [-0.4, -0.2) is 36.2 Å². The van der Waals surface area contributed by atoms with Crippen LogP contribution in [0.2, 0.25) is 0 Å². The third kappa shape index (κ3) is 4.46. The lowest BCUT2D eigenvalue weighted by Gasteiger charge is -2.31. The maximum absolute atomic E-state index is 12.1. The summed E-state index contributed by atoms with van der Waals surface area (Å²) in [6.07, 6.45) is 7.69. The van der Waals surface area contributed by atoms with Gasteiger partial charge in [-0.05, 0) is 56.9 Å². The van der Waals surface area contributed by atoms with E-state index in [0.29, 0.717) is 17.9 Å². The van der Waals surface area contributed by atoms with Crippen LogP contribution < -0.4 is 10.5 Å². The normalized spacial score (nSPS) is 16.6. The number of hydrogen-bond acceptors (Lipinski definition) is 4. The van der Waals surface area contributed by atoms with Crippen molar-refractivity contribution in [3.05, 3.63) is 28.7 Å². The van der Waals surface area contributed by atoms with Crippen molar-refractivity contribution in [1.82, 2.24) is 9.47 Å². The number of oxazole rings is 1. The Bertz CT molecular complexity index is 726. The van der Waals surface area contributed by atoms with E-state index in [4.69, 9.17) is 9.15 Å². The highest BCUT2D eigenvalue weighted by atomic mass is 16.5. The Morgan fingerprint density at radius 2 is 2.00 bits per heavy atom. The number of aromatic nitrogens is 1. The molecule has 3 rings (SSSR count). The lowest BCUT2D eigenvalue weighted by Crippen LogP contribution is -2.35. The summed E-state index contributed by atoms with van der Waals surface area (Å²) in [5, 5.41) is 0. The van der Waals surface area contributed by atoms with Crippen LogP contribution in [0.4, 0.5) is 0 Å². The quantitative estimate of drug-likeness (QED) is 0.727. The highest BCUT2D eigenvalue weighted by molar-refractivity contribution is 5.74. The highest BCUT2D eigenvalue weighted by Crippen LogP contribution is 2.23. The molecule has 0 bridgehead atoms. The average molecular weight is 346 g/mol. The molecule has 25 heavy (non-hydrogen) atoms. The summed E-state index contributed by atoms with van der Waals surface area (Å²) >= 11 is 0. The first kappa shape index (κ1) is 18.1. The van der Waals surface area contributed by atoms with Gasteiger partial charge in [0.05, 0.1) is 12.6 Å². The van der Waals surface area contributed by atoms with Crippen LogP contribution in [0, 0.1) is 5.92 Å². The Hall–Kier alpha value is -1.75. The molecule has 1 saturated heterocycles. The van der Waals surface area contributed by atoms with E-state index in [1.165, 1.54) is 45.2 Å². The maximum Gasteiger partial charge on any atom is 0.419 e. The zero-order valence-corrected chi connectivity index (χ0v) is 15.5. The van der Waals surface area contributed by atoms with Crippen LogP contribution in [0.5, 0.6) is 5.75 Å². The second kappa shape index (κ2) is 8.56. The van der Waals surface area contributed by atoms with Crippen LogP contribution in [0.25, 0.3) is 11.1 Å². The molecule has 0 atom stereocenters. The fraction of sp³-hybridized carbons (Fsp3) is 0.650. The van der Waals surface area contributed by atoms with Gasteiger partial charge in [-0.25, -0.2) is 4.79 Å². The second-order valence-corrected chi connectivity index (χ2v) is 7.13. The zero-order valence-electron chi connectivity index (χ0n) is 15.5. The van der Waals surface area contributed by atoms with Crippen molar-refractivity contribution in [2.45, 2.75) is 52.0 Å². The van der Waals surface area contributed by atoms with Crippen molar-refractivity contribution in [2.24, 2.45) is 5.92 Å². The van der Waals surface area contributed by atoms with Crippen molar-refractivity contribution < 1.29 is 9.15 Å². The molecule has 0 saturated carbocycles. The molecule has 1 aliphatic heterocycles. The van der Waals surface area contributed by atoms with E-state index >= 15 is 0 Å². The molecule has 0 spiro atoms. The van der Waals surface area contributed by atoms with Crippen LogP contribution in [0.15, 0.2) is 27.4 Å². The van der Waals surface area contributed by atoms with Crippen LogP contribution in [0.1, 0.15) is 45.4 Å². The average Bonchev–Trinajstić information content (AvgIpc) is 2.95. The summed E-state index contributed by atoms with van der Waals surface area (Å²) in [6.45, 7) is 6.43. The number of benzene rings is 1. The Morgan fingerprint density at radius 3 is 2.72 bits per heavy atom. The van der Waals surface area contributed by atoms with Gasteiger partial charge in [-0.1, -0.05) is 26.2 Å². The molecule has 138 valence electrons. The molecule has 0 aliphatic carbocycles. The molecule has 1 aromatic heterocycles. The summed E-state index contributed by atoms with van der Waals surface area (Å²) in [4.78, 5) is 14.6. The summed E-state index contributed by atoms with van der Waals surface area (Å²) in [5.74, 6) is 1.35. The highest BCUT2D eigenvalue weighted by Gasteiger charge is 2.18. The van der Waals surface area contributed by atoms with Crippen molar-refractivity contribution in [2.75, 3.05) is 26.7 Å². The molecule has 0 unspecified atom stereocenters. The third-order valence-corrected chi connectivity index (χ3v) is 5.40. The van der Waals surface area contributed by atoms with E-state index in [9.17, 15) is 4.79 Å². The largest absolute Gasteiger partial charge is 0.497 e. The van der Waals surface area contributed by atoms with Gasteiger partial charge in [-0.15, -0.1) is 0 Å². The van der Waals surface area contributed by atoms with Gasteiger partial charge in [-0.3, -0.25) is 4.57 Å². The standard InChI is InChI=1S/C20H30N2O3/c1-3-4-6-16-9-13-21(14-10-16)11-5-12-22-18-8-7-17(24-2)15-19(18)25-20(22)23/h7-8,15-16H,3-6,9-14H2,1-2H3. The van der Waals surface area contributed by atoms with E-state index in [1.807, 2.05) is 12.1 Å². The Labute approximate surface area is 149 Å². The first-order valence-corrected chi connectivity index (χ1v) is 9.61. The topological polar surface area (TPSA) is 47.6 Å². The molecule has 1 aromatic carbocycles. The smallest absolute Gasteiger partial charge is 0.419 e. The number of unbranched alkanes of at least 4 members (excludes halogenated alkanes) is 1. The van der Waals surface area contributed by atoms with Crippen molar-refractivity contribution in [3.63, 3.8) is 0 Å². The second-order valence-electron chi connectivity index (χ2n) is 7.13. The molecule has 1 fully saturated rings. The molecular weight excluding hydrogens is 316 g/mol. The Kier molecular flexibility index (Phi) is 6.19. The summed E-state index contributed by atoms with van der Waals surface area (Å²) in [5.41, 5.74) is 1.45. The van der Waals surface area contributed by atoms with E-state index in [-0.39, 0.29) is 5.76 Å². The molecule has 0 radical (unpaired) electrons. The molecule has 5 heteroatoms. The van der Waals surface area contributed by atoms with Gasteiger partial charge in [-0.2, -0.15) is 0 Å². The van der Waals surface area contributed by atoms with Gasteiger partial charge in [0.15, 0.2) is 5.58 Å². The fourth-order valence-electron chi connectivity index (χ4n) is 3.83. The minimum atomic E-state index is -0.276. The third-order valence-electron chi connectivity index (χ3n) is 5.40. The lowest BCUT2D eigenvalue weighted by atomic mass is 9.91. The first-order valence-electron chi connectivity index (χ1n) is 9.61. The molecule has 0 N–H and O–H groups in total. The molecule has 0 amide bonds. The Balaban J connectivity index is 1.50. The summed E-state index contributed by atoms with van der Waals surface area (Å²) < 4.78 is 12.3. The number of ether oxygens (including phenoxy) is 1. The minimum absolute atomic E-state index is 0.276. The number of fused-ring (bicyclic) bond motifs is 1. The SMILES string of the molecule is CCCCC1CCN(CCCn2c(=O)oc3cc(OC)ccc32)CC1. The van der Waals surface area contributed by atoms with Crippen molar-refractivity contribution in [3.8, 4) is 5.75 Å². The molecule has 1 aliphatic rings.